The number of nitrogens with zero attached hydrogens (tertiary/aromatic N) is 2. The molecule has 1 aromatic carbocycles. The summed E-state index contributed by atoms with van der Waals surface area (Å²) in [5.74, 6) is 2.14. The summed E-state index contributed by atoms with van der Waals surface area (Å²) >= 11 is 3.40. The third kappa shape index (κ3) is 3.82. The van der Waals surface area contributed by atoms with Gasteiger partial charge in [0, 0.05) is 16.4 Å². The van der Waals surface area contributed by atoms with E-state index in [2.05, 4.69) is 36.5 Å². The number of nitrogens with one attached hydrogen (secondary N) is 2. The van der Waals surface area contributed by atoms with Gasteiger partial charge < -0.3 is 15.1 Å². The molecule has 0 spiro atoms. The summed E-state index contributed by atoms with van der Waals surface area (Å²) in [6.07, 6.45) is 3.36. The fourth-order valence-corrected chi connectivity index (χ4v) is 2.03. The number of benzene rings is 1. The van der Waals surface area contributed by atoms with Crippen molar-refractivity contribution in [2.75, 3.05) is 10.6 Å². The van der Waals surface area contributed by atoms with Gasteiger partial charge in [-0.05, 0) is 42.5 Å². The monoisotopic (exact) mass is 344 g/mol. The van der Waals surface area contributed by atoms with Gasteiger partial charge >= 0.3 is 0 Å². The first-order valence-corrected chi connectivity index (χ1v) is 7.21. The summed E-state index contributed by atoms with van der Waals surface area (Å²) < 4.78 is 6.30. The predicted octanol–water partition coefficient (Wildman–Crippen LogP) is 4.19. The van der Waals surface area contributed by atoms with Crippen molar-refractivity contribution in [3.63, 3.8) is 0 Å². The highest BCUT2D eigenvalue weighted by molar-refractivity contribution is 9.10. The summed E-state index contributed by atoms with van der Waals surface area (Å²) in [4.78, 5) is 8.61. The number of hydrogen-bond donors (Lipinski definition) is 2. The van der Waals surface area contributed by atoms with Gasteiger partial charge in [-0.15, -0.1) is 0 Å². The third-order valence-corrected chi connectivity index (χ3v) is 3.31. The minimum Gasteiger partial charge on any atom is -0.467 e. The molecule has 0 radical (unpaired) electrons. The second kappa shape index (κ2) is 6.41. The van der Waals surface area contributed by atoms with Crippen LogP contribution in [0.1, 0.15) is 5.76 Å². The predicted molar refractivity (Wildman–Crippen MR) is 85.5 cm³/mol. The van der Waals surface area contributed by atoms with Crippen molar-refractivity contribution < 1.29 is 4.42 Å². The molecule has 0 bridgehead atoms. The highest BCUT2D eigenvalue weighted by Gasteiger charge is 2.01. The molecule has 106 valence electrons. The van der Waals surface area contributed by atoms with Crippen LogP contribution in [-0.4, -0.2) is 9.97 Å². The number of furan rings is 1. The number of anilines is 3. The summed E-state index contributed by atoms with van der Waals surface area (Å²) in [6, 6.07) is 13.4. The minimum atomic E-state index is 0.543. The lowest BCUT2D eigenvalue weighted by Gasteiger charge is -2.07. The van der Waals surface area contributed by atoms with Gasteiger partial charge in [-0.25, -0.2) is 4.98 Å². The topological polar surface area (TPSA) is 63.0 Å². The summed E-state index contributed by atoms with van der Waals surface area (Å²) in [5, 5.41) is 6.35. The Kier molecular flexibility index (Phi) is 4.16. The van der Waals surface area contributed by atoms with Crippen LogP contribution in [0.2, 0.25) is 0 Å². The van der Waals surface area contributed by atoms with E-state index in [1.165, 1.54) is 0 Å². The van der Waals surface area contributed by atoms with Gasteiger partial charge in [0.05, 0.1) is 12.8 Å². The largest absolute Gasteiger partial charge is 0.467 e. The maximum atomic E-state index is 5.27. The Balaban J connectivity index is 1.66. The summed E-state index contributed by atoms with van der Waals surface area (Å²) in [7, 11) is 0. The molecule has 5 nitrogen and oxygen atoms in total. The van der Waals surface area contributed by atoms with Crippen LogP contribution in [0, 0.1) is 0 Å². The van der Waals surface area contributed by atoms with E-state index in [1.54, 1.807) is 12.5 Å². The maximum Gasteiger partial charge on any atom is 0.229 e. The van der Waals surface area contributed by atoms with Crippen LogP contribution in [0.4, 0.5) is 17.5 Å². The average Bonchev–Trinajstić information content (AvgIpc) is 3.01. The number of aromatic nitrogens is 2. The molecule has 0 unspecified atom stereocenters. The van der Waals surface area contributed by atoms with Crippen molar-refractivity contribution in [1.29, 1.82) is 0 Å². The molecular weight excluding hydrogens is 332 g/mol. The normalized spacial score (nSPS) is 10.3. The Morgan fingerprint density at radius 1 is 1.10 bits per heavy atom. The van der Waals surface area contributed by atoms with Crippen LogP contribution >= 0.6 is 15.9 Å². The molecule has 0 amide bonds. The molecule has 2 heterocycles. The zero-order valence-corrected chi connectivity index (χ0v) is 12.7. The van der Waals surface area contributed by atoms with Gasteiger partial charge in [-0.1, -0.05) is 15.9 Å². The van der Waals surface area contributed by atoms with Crippen LogP contribution in [-0.2, 0) is 6.54 Å². The molecule has 0 saturated heterocycles. The molecule has 0 aliphatic rings. The first kappa shape index (κ1) is 13.6. The standard InChI is InChI=1S/C15H13BrN4O/c16-11-3-5-12(6-4-11)19-15-17-8-7-14(20-15)18-10-13-2-1-9-21-13/h1-9H,10H2,(H2,17,18,19,20). The molecular formula is C15H13BrN4O. The Morgan fingerprint density at radius 3 is 2.71 bits per heavy atom. The second-order valence-electron chi connectivity index (χ2n) is 4.33. The quantitative estimate of drug-likeness (QED) is 0.726. The smallest absolute Gasteiger partial charge is 0.229 e. The Labute approximate surface area is 130 Å². The van der Waals surface area contributed by atoms with E-state index in [0.717, 1.165) is 21.7 Å². The fraction of sp³-hybridized carbons (Fsp3) is 0.0667. The molecule has 3 aromatic rings. The van der Waals surface area contributed by atoms with Gasteiger partial charge in [0.1, 0.15) is 11.6 Å². The van der Waals surface area contributed by atoms with E-state index in [9.17, 15) is 0 Å². The van der Waals surface area contributed by atoms with Gasteiger partial charge in [-0.3, -0.25) is 0 Å². The van der Waals surface area contributed by atoms with Crippen LogP contribution in [0.5, 0.6) is 0 Å². The van der Waals surface area contributed by atoms with Gasteiger partial charge in [0.25, 0.3) is 0 Å². The summed E-state index contributed by atoms with van der Waals surface area (Å²) in [6.45, 7) is 0.585. The van der Waals surface area contributed by atoms with Crippen LogP contribution in [0.25, 0.3) is 0 Å². The zero-order chi connectivity index (χ0) is 14.5. The van der Waals surface area contributed by atoms with Gasteiger partial charge in [0.2, 0.25) is 5.95 Å². The van der Waals surface area contributed by atoms with Gasteiger partial charge in [0.15, 0.2) is 0 Å². The van der Waals surface area contributed by atoms with Crippen LogP contribution in [0.3, 0.4) is 0 Å². The third-order valence-electron chi connectivity index (χ3n) is 2.78. The van der Waals surface area contributed by atoms with Crippen molar-refractivity contribution in [2.45, 2.75) is 6.54 Å². The van der Waals surface area contributed by atoms with E-state index in [1.807, 2.05) is 42.5 Å². The molecule has 0 fully saturated rings. The van der Waals surface area contributed by atoms with E-state index < -0.39 is 0 Å². The van der Waals surface area contributed by atoms with Crippen molar-refractivity contribution in [2.24, 2.45) is 0 Å². The number of halogens is 1. The Hall–Kier alpha value is -2.34. The van der Waals surface area contributed by atoms with Crippen molar-refractivity contribution in [3.8, 4) is 0 Å². The van der Waals surface area contributed by atoms with Crippen molar-refractivity contribution in [3.05, 3.63) is 65.2 Å². The Morgan fingerprint density at radius 2 is 1.95 bits per heavy atom. The molecule has 3 rings (SSSR count). The van der Waals surface area contributed by atoms with E-state index in [-0.39, 0.29) is 0 Å². The zero-order valence-electron chi connectivity index (χ0n) is 11.1. The van der Waals surface area contributed by atoms with Crippen molar-refractivity contribution >= 4 is 33.4 Å². The molecule has 0 aliphatic carbocycles. The van der Waals surface area contributed by atoms with Crippen molar-refractivity contribution in [1.82, 2.24) is 9.97 Å². The number of hydrogen-bond acceptors (Lipinski definition) is 5. The second-order valence-corrected chi connectivity index (χ2v) is 5.25. The average molecular weight is 345 g/mol. The molecule has 0 saturated carbocycles. The highest BCUT2D eigenvalue weighted by Crippen LogP contribution is 2.17. The van der Waals surface area contributed by atoms with Crippen LogP contribution < -0.4 is 10.6 Å². The molecule has 2 aromatic heterocycles. The minimum absolute atomic E-state index is 0.543. The lowest BCUT2D eigenvalue weighted by atomic mass is 10.3. The lowest BCUT2D eigenvalue weighted by Crippen LogP contribution is -2.03. The summed E-state index contributed by atoms with van der Waals surface area (Å²) in [5.41, 5.74) is 0.932. The first-order chi connectivity index (χ1) is 10.3. The lowest BCUT2D eigenvalue weighted by molar-refractivity contribution is 0.518. The first-order valence-electron chi connectivity index (χ1n) is 6.41. The number of rotatable bonds is 5. The van der Waals surface area contributed by atoms with E-state index in [4.69, 9.17) is 4.42 Å². The molecule has 0 atom stereocenters. The van der Waals surface area contributed by atoms with E-state index in [0.29, 0.717) is 12.5 Å². The molecule has 6 heteroatoms. The SMILES string of the molecule is Brc1ccc(Nc2nccc(NCc3ccco3)n2)cc1. The van der Waals surface area contributed by atoms with Gasteiger partial charge in [-0.2, -0.15) is 4.98 Å². The van der Waals surface area contributed by atoms with Crippen LogP contribution in [0.15, 0.2) is 63.8 Å². The Bertz CT molecular complexity index is 698. The molecule has 0 aliphatic heterocycles. The van der Waals surface area contributed by atoms with E-state index >= 15 is 0 Å². The maximum absolute atomic E-state index is 5.27. The highest BCUT2D eigenvalue weighted by atomic mass is 79.9. The fourth-order valence-electron chi connectivity index (χ4n) is 1.77. The molecule has 2 N–H and O–H groups in total. The molecule has 21 heavy (non-hydrogen) atoms.